The second kappa shape index (κ2) is 8.44. The number of thioether (sulfide) groups is 1. The fourth-order valence-corrected chi connectivity index (χ4v) is 4.72. The van der Waals surface area contributed by atoms with Crippen molar-refractivity contribution >= 4 is 17.7 Å². The number of aliphatic imine (C=N–C) groups is 1. The van der Waals surface area contributed by atoms with Gasteiger partial charge in [-0.25, -0.2) is 0 Å². The van der Waals surface area contributed by atoms with E-state index in [0.29, 0.717) is 6.04 Å². The molecule has 3 aliphatic rings. The van der Waals surface area contributed by atoms with Crippen molar-refractivity contribution < 1.29 is 0 Å². The lowest BCUT2D eigenvalue weighted by molar-refractivity contribution is 0.197. The van der Waals surface area contributed by atoms with Crippen LogP contribution in [0, 0.1) is 5.92 Å². The van der Waals surface area contributed by atoms with Crippen molar-refractivity contribution in [3.8, 4) is 0 Å². The Morgan fingerprint density at radius 3 is 2.45 bits per heavy atom. The highest BCUT2D eigenvalue weighted by molar-refractivity contribution is 7.99. The number of guanidine groups is 1. The Kier molecular flexibility index (Phi) is 6.30. The number of piperidine rings is 1. The van der Waals surface area contributed by atoms with Crippen LogP contribution in [0.1, 0.15) is 45.4 Å². The SMILES string of the molecule is CCNC(=NCC1CCSCC1)NC1CCN(C2CC2)CC1. The molecule has 0 radical (unpaired) electrons. The number of nitrogens with zero attached hydrogens (tertiary/aromatic N) is 2. The van der Waals surface area contributed by atoms with Crippen LogP contribution in [0.15, 0.2) is 4.99 Å². The molecule has 0 aromatic carbocycles. The Morgan fingerprint density at radius 2 is 1.82 bits per heavy atom. The van der Waals surface area contributed by atoms with Gasteiger partial charge in [0.15, 0.2) is 5.96 Å². The van der Waals surface area contributed by atoms with Gasteiger partial charge in [-0.15, -0.1) is 0 Å². The van der Waals surface area contributed by atoms with E-state index in [0.717, 1.165) is 31.0 Å². The summed E-state index contributed by atoms with van der Waals surface area (Å²) in [6.45, 7) is 6.64. The van der Waals surface area contributed by atoms with E-state index < -0.39 is 0 Å². The molecule has 0 amide bonds. The monoisotopic (exact) mass is 324 g/mol. The zero-order chi connectivity index (χ0) is 15.2. The first-order valence-corrected chi connectivity index (χ1v) is 10.4. The van der Waals surface area contributed by atoms with E-state index in [2.05, 4.69) is 34.2 Å². The normalized spacial score (nSPS) is 26.1. The third-order valence-electron chi connectivity index (χ3n) is 5.13. The second-order valence-corrected chi connectivity index (χ2v) is 8.19. The van der Waals surface area contributed by atoms with Gasteiger partial charge in [-0.05, 0) is 62.9 Å². The first-order valence-electron chi connectivity index (χ1n) is 9.21. The molecular formula is C17H32N4S. The minimum Gasteiger partial charge on any atom is -0.357 e. The van der Waals surface area contributed by atoms with Crippen molar-refractivity contribution in [3.05, 3.63) is 0 Å². The number of nitrogens with one attached hydrogen (secondary N) is 2. The smallest absolute Gasteiger partial charge is 0.191 e. The Morgan fingerprint density at radius 1 is 1.09 bits per heavy atom. The highest BCUT2D eigenvalue weighted by Crippen LogP contribution is 2.29. The molecule has 1 aliphatic carbocycles. The van der Waals surface area contributed by atoms with Crippen molar-refractivity contribution in [1.29, 1.82) is 0 Å². The molecule has 2 aliphatic heterocycles. The molecule has 0 aromatic rings. The average Bonchev–Trinajstić information content (AvgIpc) is 3.39. The lowest BCUT2D eigenvalue weighted by Crippen LogP contribution is -2.49. The maximum Gasteiger partial charge on any atom is 0.191 e. The molecule has 2 heterocycles. The van der Waals surface area contributed by atoms with Gasteiger partial charge in [-0.3, -0.25) is 4.99 Å². The summed E-state index contributed by atoms with van der Waals surface area (Å²) < 4.78 is 0. The fourth-order valence-electron chi connectivity index (χ4n) is 3.51. The Hall–Kier alpha value is -0.420. The van der Waals surface area contributed by atoms with E-state index in [1.54, 1.807) is 0 Å². The number of hydrogen-bond donors (Lipinski definition) is 2. The van der Waals surface area contributed by atoms with Crippen LogP contribution in [0.5, 0.6) is 0 Å². The third kappa shape index (κ3) is 5.05. The Labute approximate surface area is 139 Å². The van der Waals surface area contributed by atoms with Crippen molar-refractivity contribution in [1.82, 2.24) is 15.5 Å². The molecule has 126 valence electrons. The third-order valence-corrected chi connectivity index (χ3v) is 6.18. The largest absolute Gasteiger partial charge is 0.357 e. The summed E-state index contributed by atoms with van der Waals surface area (Å²) in [4.78, 5) is 7.55. The van der Waals surface area contributed by atoms with Gasteiger partial charge >= 0.3 is 0 Å². The summed E-state index contributed by atoms with van der Waals surface area (Å²) in [6, 6.07) is 1.53. The maximum absolute atomic E-state index is 4.87. The van der Waals surface area contributed by atoms with Gasteiger partial charge in [0.25, 0.3) is 0 Å². The molecule has 22 heavy (non-hydrogen) atoms. The summed E-state index contributed by atoms with van der Waals surface area (Å²) in [5.41, 5.74) is 0. The van der Waals surface area contributed by atoms with E-state index in [4.69, 9.17) is 4.99 Å². The fraction of sp³-hybridized carbons (Fsp3) is 0.941. The van der Waals surface area contributed by atoms with Gasteiger partial charge in [-0.1, -0.05) is 0 Å². The Balaban J connectivity index is 1.43. The summed E-state index contributed by atoms with van der Waals surface area (Å²) in [6.07, 6.45) is 8.08. The van der Waals surface area contributed by atoms with Crippen molar-refractivity contribution in [3.63, 3.8) is 0 Å². The lowest BCUT2D eigenvalue weighted by atomic mass is 10.0. The topological polar surface area (TPSA) is 39.7 Å². The van der Waals surface area contributed by atoms with Crippen LogP contribution in [0.2, 0.25) is 0 Å². The second-order valence-electron chi connectivity index (χ2n) is 6.96. The molecule has 0 atom stereocenters. The minimum absolute atomic E-state index is 0.606. The number of rotatable bonds is 5. The molecule has 2 saturated heterocycles. The van der Waals surface area contributed by atoms with Crippen LogP contribution in [-0.4, -0.2) is 60.6 Å². The van der Waals surface area contributed by atoms with E-state index >= 15 is 0 Å². The molecule has 0 unspecified atom stereocenters. The van der Waals surface area contributed by atoms with Gasteiger partial charge in [0.2, 0.25) is 0 Å². The van der Waals surface area contributed by atoms with E-state index in [1.807, 2.05) is 0 Å². The standard InChI is InChI=1S/C17H32N4S/c1-2-18-17(19-13-14-7-11-22-12-8-14)20-15-5-9-21(10-6-15)16-3-4-16/h14-16H,2-13H2,1H3,(H2,18,19,20). The molecule has 0 aromatic heterocycles. The van der Waals surface area contributed by atoms with Crippen LogP contribution in [0.4, 0.5) is 0 Å². The number of likely N-dealkylation sites (tertiary alicyclic amines) is 1. The highest BCUT2D eigenvalue weighted by atomic mass is 32.2. The van der Waals surface area contributed by atoms with Crippen molar-refractivity contribution in [2.45, 2.75) is 57.5 Å². The summed E-state index contributed by atoms with van der Waals surface area (Å²) in [5, 5.41) is 7.12. The predicted molar refractivity (Wildman–Crippen MR) is 96.8 cm³/mol. The average molecular weight is 325 g/mol. The quantitative estimate of drug-likeness (QED) is 0.601. The molecule has 2 N–H and O–H groups in total. The molecule has 1 saturated carbocycles. The van der Waals surface area contributed by atoms with Crippen molar-refractivity contribution in [2.24, 2.45) is 10.9 Å². The molecule has 0 bridgehead atoms. The maximum atomic E-state index is 4.87. The zero-order valence-corrected chi connectivity index (χ0v) is 14.8. The lowest BCUT2D eigenvalue weighted by Gasteiger charge is -2.33. The first kappa shape index (κ1) is 16.4. The van der Waals surface area contributed by atoms with E-state index in [-0.39, 0.29) is 0 Å². The summed E-state index contributed by atoms with van der Waals surface area (Å²) in [5.74, 6) is 4.49. The van der Waals surface area contributed by atoms with Gasteiger partial charge in [0.05, 0.1) is 0 Å². The minimum atomic E-state index is 0.606. The van der Waals surface area contributed by atoms with Gasteiger partial charge < -0.3 is 15.5 Å². The molecule has 3 fully saturated rings. The number of hydrogen-bond acceptors (Lipinski definition) is 3. The van der Waals surface area contributed by atoms with E-state index in [9.17, 15) is 0 Å². The van der Waals surface area contributed by atoms with Crippen LogP contribution < -0.4 is 10.6 Å². The van der Waals surface area contributed by atoms with Crippen LogP contribution in [0.3, 0.4) is 0 Å². The molecule has 0 spiro atoms. The highest BCUT2D eigenvalue weighted by Gasteiger charge is 2.31. The summed E-state index contributed by atoms with van der Waals surface area (Å²) >= 11 is 2.09. The van der Waals surface area contributed by atoms with Crippen LogP contribution >= 0.6 is 11.8 Å². The molecule has 4 nitrogen and oxygen atoms in total. The predicted octanol–water partition coefficient (Wildman–Crippen LogP) is 2.31. The molecule has 5 heteroatoms. The Bertz CT molecular complexity index is 356. The summed E-state index contributed by atoms with van der Waals surface area (Å²) in [7, 11) is 0. The first-order chi connectivity index (χ1) is 10.8. The van der Waals surface area contributed by atoms with Gasteiger partial charge in [0.1, 0.15) is 0 Å². The zero-order valence-electron chi connectivity index (χ0n) is 14.0. The van der Waals surface area contributed by atoms with Crippen LogP contribution in [0.25, 0.3) is 0 Å². The van der Waals surface area contributed by atoms with Crippen LogP contribution in [-0.2, 0) is 0 Å². The van der Waals surface area contributed by atoms with Gasteiger partial charge in [0, 0.05) is 38.3 Å². The van der Waals surface area contributed by atoms with E-state index in [1.165, 1.54) is 63.1 Å². The molecule has 3 rings (SSSR count). The molecular weight excluding hydrogens is 292 g/mol. The van der Waals surface area contributed by atoms with Gasteiger partial charge in [-0.2, -0.15) is 11.8 Å². The van der Waals surface area contributed by atoms with Crippen molar-refractivity contribution in [2.75, 3.05) is 37.7 Å².